The maximum absolute atomic E-state index is 3.53. The lowest BCUT2D eigenvalue weighted by Gasteiger charge is -2.25. The fourth-order valence-electron chi connectivity index (χ4n) is 2.05. The molecular weight excluding hydrogens is 184 g/mol. The molecule has 1 unspecified atom stereocenters. The first-order chi connectivity index (χ1) is 7.13. The Balaban J connectivity index is 2.17. The number of hydrogen-bond acceptors (Lipinski definition) is 2. The van der Waals surface area contributed by atoms with Crippen LogP contribution in [0.3, 0.4) is 0 Å². The Morgan fingerprint density at radius 2 is 1.93 bits per heavy atom. The van der Waals surface area contributed by atoms with Gasteiger partial charge in [0.1, 0.15) is 0 Å². The Hall–Kier alpha value is -0.0800. The number of nitrogens with zero attached hydrogens (tertiary/aromatic N) is 1. The van der Waals surface area contributed by atoms with Crippen LogP contribution in [0.4, 0.5) is 0 Å². The Bertz CT molecular complexity index is 164. The fraction of sp³-hybridized carbons (Fsp3) is 1.00. The third-order valence-electron chi connectivity index (χ3n) is 2.99. The van der Waals surface area contributed by atoms with Crippen LogP contribution in [-0.2, 0) is 0 Å². The van der Waals surface area contributed by atoms with E-state index >= 15 is 0 Å². The highest BCUT2D eigenvalue weighted by molar-refractivity contribution is 4.85. The van der Waals surface area contributed by atoms with E-state index < -0.39 is 0 Å². The van der Waals surface area contributed by atoms with Crippen LogP contribution in [-0.4, -0.2) is 36.6 Å². The third-order valence-corrected chi connectivity index (χ3v) is 2.99. The van der Waals surface area contributed by atoms with E-state index in [2.05, 4.69) is 37.9 Å². The monoisotopic (exact) mass is 212 g/mol. The van der Waals surface area contributed by atoms with Crippen molar-refractivity contribution >= 4 is 0 Å². The van der Waals surface area contributed by atoms with Crippen LogP contribution in [0.5, 0.6) is 0 Å². The van der Waals surface area contributed by atoms with E-state index in [1.165, 1.54) is 32.4 Å². The zero-order chi connectivity index (χ0) is 11.3. The zero-order valence-electron chi connectivity index (χ0n) is 10.9. The molecule has 1 atom stereocenters. The Labute approximate surface area is 95.4 Å². The average Bonchev–Trinajstić information content (AvgIpc) is 2.97. The summed E-state index contributed by atoms with van der Waals surface area (Å²) < 4.78 is 0. The van der Waals surface area contributed by atoms with Crippen molar-refractivity contribution in [2.45, 2.75) is 59.0 Å². The quantitative estimate of drug-likeness (QED) is 0.665. The van der Waals surface area contributed by atoms with Crippen molar-refractivity contribution in [2.24, 2.45) is 5.92 Å². The van der Waals surface area contributed by atoms with Gasteiger partial charge in [-0.2, -0.15) is 0 Å². The molecular formula is C13H28N2. The van der Waals surface area contributed by atoms with Gasteiger partial charge in [-0.05, 0) is 38.3 Å². The van der Waals surface area contributed by atoms with Gasteiger partial charge in [0.2, 0.25) is 0 Å². The van der Waals surface area contributed by atoms with Crippen LogP contribution in [0.15, 0.2) is 0 Å². The summed E-state index contributed by atoms with van der Waals surface area (Å²) in [4.78, 5) is 2.69. The molecule has 1 N–H and O–H groups in total. The molecule has 0 spiro atoms. The van der Waals surface area contributed by atoms with Crippen LogP contribution in [0, 0.1) is 5.92 Å². The third kappa shape index (κ3) is 5.53. The minimum absolute atomic E-state index is 0.619. The predicted octanol–water partition coefficient (Wildman–Crippen LogP) is 2.49. The molecule has 2 nitrogen and oxygen atoms in total. The molecule has 1 rings (SSSR count). The Kier molecular flexibility index (Phi) is 5.62. The topological polar surface area (TPSA) is 15.3 Å². The van der Waals surface area contributed by atoms with E-state index in [9.17, 15) is 0 Å². The second-order valence-electron chi connectivity index (χ2n) is 5.39. The lowest BCUT2D eigenvalue weighted by molar-refractivity contribution is 0.224. The van der Waals surface area contributed by atoms with Gasteiger partial charge in [-0.25, -0.2) is 0 Å². The zero-order valence-corrected chi connectivity index (χ0v) is 10.9. The molecule has 1 aliphatic carbocycles. The molecule has 0 aliphatic heterocycles. The molecule has 0 aromatic heterocycles. The molecule has 2 heteroatoms. The lowest BCUT2D eigenvalue weighted by Crippen LogP contribution is -2.37. The molecule has 0 radical (unpaired) electrons. The van der Waals surface area contributed by atoms with Crippen molar-refractivity contribution in [1.29, 1.82) is 0 Å². The van der Waals surface area contributed by atoms with E-state index in [1.54, 1.807) is 0 Å². The summed E-state index contributed by atoms with van der Waals surface area (Å²) in [6.07, 6.45) is 4.16. The summed E-state index contributed by atoms with van der Waals surface area (Å²) in [6.45, 7) is 12.8. The van der Waals surface area contributed by atoms with E-state index in [0.29, 0.717) is 6.04 Å². The van der Waals surface area contributed by atoms with E-state index in [1.807, 2.05) is 0 Å². The Morgan fingerprint density at radius 3 is 2.40 bits per heavy atom. The van der Waals surface area contributed by atoms with Crippen molar-refractivity contribution in [3.05, 3.63) is 0 Å². The molecule has 1 saturated carbocycles. The molecule has 0 bridgehead atoms. The summed E-state index contributed by atoms with van der Waals surface area (Å²) in [6, 6.07) is 1.54. The van der Waals surface area contributed by atoms with E-state index in [-0.39, 0.29) is 0 Å². The minimum Gasteiger partial charge on any atom is -0.314 e. The highest BCUT2D eigenvalue weighted by Gasteiger charge is 2.28. The van der Waals surface area contributed by atoms with Crippen molar-refractivity contribution in [3.8, 4) is 0 Å². The van der Waals surface area contributed by atoms with Gasteiger partial charge < -0.3 is 10.2 Å². The van der Waals surface area contributed by atoms with Gasteiger partial charge in [-0.15, -0.1) is 0 Å². The second kappa shape index (κ2) is 6.49. The maximum atomic E-state index is 3.53. The normalized spacial score (nSPS) is 18.8. The smallest absolute Gasteiger partial charge is 0.00965 e. The molecule has 15 heavy (non-hydrogen) atoms. The highest BCUT2D eigenvalue weighted by atomic mass is 15.2. The van der Waals surface area contributed by atoms with Crippen molar-refractivity contribution in [1.82, 2.24) is 10.2 Å². The summed E-state index contributed by atoms with van der Waals surface area (Å²) in [5.74, 6) is 0.777. The molecule has 1 fully saturated rings. The van der Waals surface area contributed by atoms with Crippen molar-refractivity contribution in [3.63, 3.8) is 0 Å². The van der Waals surface area contributed by atoms with Crippen LogP contribution in [0.25, 0.3) is 0 Å². The number of hydrogen-bond donors (Lipinski definition) is 1. The van der Waals surface area contributed by atoms with Crippen LogP contribution in [0.2, 0.25) is 0 Å². The molecule has 1 aliphatic rings. The summed E-state index contributed by atoms with van der Waals surface area (Å²) in [5, 5.41) is 3.53. The van der Waals surface area contributed by atoms with Crippen molar-refractivity contribution < 1.29 is 0 Å². The predicted molar refractivity (Wildman–Crippen MR) is 67.2 cm³/mol. The standard InChI is InChI=1S/C13H28N2/c1-5-8-15(13-6-7-13)10-12(4)9-14-11(2)3/h11-14H,5-10H2,1-4H3. The van der Waals surface area contributed by atoms with Gasteiger partial charge in [-0.3, -0.25) is 0 Å². The van der Waals surface area contributed by atoms with Crippen LogP contribution >= 0.6 is 0 Å². The van der Waals surface area contributed by atoms with Gasteiger partial charge in [0.25, 0.3) is 0 Å². The summed E-state index contributed by atoms with van der Waals surface area (Å²) >= 11 is 0. The fourth-order valence-corrected chi connectivity index (χ4v) is 2.05. The molecule has 0 aromatic rings. The van der Waals surface area contributed by atoms with Crippen molar-refractivity contribution in [2.75, 3.05) is 19.6 Å². The molecule has 0 saturated heterocycles. The first kappa shape index (κ1) is 13.0. The van der Waals surface area contributed by atoms with Gasteiger partial charge in [0.05, 0.1) is 0 Å². The maximum Gasteiger partial charge on any atom is 0.00965 e. The lowest BCUT2D eigenvalue weighted by atomic mass is 10.1. The first-order valence-corrected chi connectivity index (χ1v) is 6.61. The van der Waals surface area contributed by atoms with E-state index in [0.717, 1.165) is 18.5 Å². The summed E-state index contributed by atoms with van der Waals surface area (Å²) in [7, 11) is 0. The number of rotatable bonds is 8. The van der Waals surface area contributed by atoms with Crippen LogP contribution in [0.1, 0.15) is 47.0 Å². The first-order valence-electron chi connectivity index (χ1n) is 6.61. The van der Waals surface area contributed by atoms with E-state index in [4.69, 9.17) is 0 Å². The van der Waals surface area contributed by atoms with Gasteiger partial charge in [0.15, 0.2) is 0 Å². The molecule has 0 heterocycles. The van der Waals surface area contributed by atoms with Gasteiger partial charge >= 0.3 is 0 Å². The molecule has 90 valence electrons. The summed E-state index contributed by atoms with van der Waals surface area (Å²) in [5.41, 5.74) is 0. The minimum atomic E-state index is 0.619. The molecule has 0 amide bonds. The number of nitrogens with one attached hydrogen (secondary N) is 1. The highest BCUT2D eigenvalue weighted by Crippen LogP contribution is 2.27. The van der Waals surface area contributed by atoms with Gasteiger partial charge in [-0.1, -0.05) is 27.7 Å². The van der Waals surface area contributed by atoms with Gasteiger partial charge in [0, 0.05) is 18.6 Å². The molecule has 0 aromatic carbocycles. The van der Waals surface area contributed by atoms with Crippen LogP contribution < -0.4 is 5.32 Å². The Morgan fingerprint density at radius 1 is 1.27 bits per heavy atom. The second-order valence-corrected chi connectivity index (χ2v) is 5.39. The largest absolute Gasteiger partial charge is 0.314 e. The SMILES string of the molecule is CCCN(CC(C)CNC(C)C)C1CC1. The average molecular weight is 212 g/mol.